The van der Waals surface area contributed by atoms with Crippen LogP contribution in [0.5, 0.6) is 0 Å². The molecule has 8 nitrogen and oxygen atoms in total. The zero-order valence-electron chi connectivity index (χ0n) is 16.5. The van der Waals surface area contributed by atoms with Crippen LogP contribution in [0.1, 0.15) is 34.1 Å². The predicted molar refractivity (Wildman–Crippen MR) is 106 cm³/mol. The number of benzene rings is 1. The molecule has 0 saturated carbocycles. The van der Waals surface area contributed by atoms with Gasteiger partial charge in [0.05, 0.1) is 11.7 Å². The van der Waals surface area contributed by atoms with Crippen molar-refractivity contribution < 1.29 is 18.0 Å². The van der Waals surface area contributed by atoms with Crippen LogP contribution >= 0.6 is 0 Å². The first-order valence-electron chi connectivity index (χ1n) is 9.44. The summed E-state index contributed by atoms with van der Waals surface area (Å²) in [6.07, 6.45) is 0.755. The van der Waals surface area contributed by atoms with Crippen molar-refractivity contribution in [1.82, 2.24) is 10.4 Å². The Labute approximate surface area is 165 Å². The van der Waals surface area contributed by atoms with E-state index in [0.29, 0.717) is 18.2 Å². The summed E-state index contributed by atoms with van der Waals surface area (Å²) in [5.41, 5.74) is 3.34. The van der Waals surface area contributed by atoms with Gasteiger partial charge in [-0.15, -0.1) is 4.40 Å². The van der Waals surface area contributed by atoms with Gasteiger partial charge >= 0.3 is 0 Å². The third kappa shape index (κ3) is 3.81. The summed E-state index contributed by atoms with van der Waals surface area (Å²) in [5.74, 6) is -1.96. The number of amidine groups is 1. The molecule has 2 heterocycles. The first-order chi connectivity index (χ1) is 13.1. The Morgan fingerprint density at radius 2 is 1.82 bits per heavy atom. The third-order valence-electron chi connectivity index (χ3n) is 4.92. The Balaban J connectivity index is 1.99. The largest absolute Gasteiger partial charge is 0.341 e. The lowest BCUT2D eigenvalue weighted by Crippen LogP contribution is -2.65. The Hall–Kier alpha value is -2.26. The second-order valence-electron chi connectivity index (χ2n) is 7.93. The number of nitrogens with one attached hydrogen (secondary N) is 2. The fourth-order valence-electron chi connectivity index (χ4n) is 3.30. The lowest BCUT2D eigenvalue weighted by molar-refractivity contribution is -0.150. The number of rotatable bonds is 5. The number of anilines is 1. The number of Topliss-reactive ketones (excluding diaryl/α,β-unsaturated/α-hetero) is 1. The van der Waals surface area contributed by atoms with Gasteiger partial charge in [-0.1, -0.05) is 39.8 Å². The minimum absolute atomic E-state index is 0.0321. The second kappa shape index (κ2) is 7.63. The SMILES string of the molecule is CC(C)CCN1NC(C(C)C)C(=O)C(C2=NS(=O)(=O)c3ccccc3N2)C1=O. The first-order valence-corrected chi connectivity index (χ1v) is 10.9. The Morgan fingerprint density at radius 3 is 2.46 bits per heavy atom. The lowest BCUT2D eigenvalue weighted by Gasteiger charge is -2.39. The average Bonchev–Trinajstić information content (AvgIpc) is 2.60. The van der Waals surface area contributed by atoms with E-state index in [2.05, 4.69) is 15.1 Å². The molecule has 1 saturated heterocycles. The molecule has 2 unspecified atom stereocenters. The number of sulfonamides is 1. The Bertz CT molecular complexity index is 924. The number of ketones is 1. The maximum atomic E-state index is 13.1. The molecule has 2 atom stereocenters. The van der Waals surface area contributed by atoms with Gasteiger partial charge in [0.15, 0.2) is 11.7 Å². The molecule has 1 aromatic carbocycles. The molecular formula is C19H26N4O4S. The van der Waals surface area contributed by atoms with Crippen molar-refractivity contribution in [3.63, 3.8) is 0 Å². The fourth-order valence-corrected chi connectivity index (χ4v) is 4.46. The highest BCUT2D eigenvalue weighted by atomic mass is 32.2. The molecule has 0 aromatic heterocycles. The predicted octanol–water partition coefficient (Wildman–Crippen LogP) is 1.80. The van der Waals surface area contributed by atoms with Gasteiger partial charge in [0, 0.05) is 6.54 Å². The Kier molecular flexibility index (Phi) is 5.58. The van der Waals surface area contributed by atoms with Crippen molar-refractivity contribution in [3.05, 3.63) is 24.3 Å². The summed E-state index contributed by atoms with van der Waals surface area (Å²) in [6.45, 7) is 8.29. The van der Waals surface area contributed by atoms with E-state index < -0.39 is 27.9 Å². The van der Waals surface area contributed by atoms with Crippen LogP contribution in [0.3, 0.4) is 0 Å². The van der Waals surface area contributed by atoms with Crippen molar-refractivity contribution in [2.75, 3.05) is 11.9 Å². The number of fused-ring (bicyclic) bond motifs is 1. The van der Waals surface area contributed by atoms with Gasteiger partial charge in [0.1, 0.15) is 10.7 Å². The number of para-hydroxylation sites is 1. The number of hydrogen-bond acceptors (Lipinski definition) is 6. The maximum absolute atomic E-state index is 13.1. The normalized spacial score (nSPS) is 24.2. The summed E-state index contributed by atoms with van der Waals surface area (Å²) in [6, 6.07) is 5.72. The number of hydrogen-bond donors (Lipinski definition) is 2. The highest BCUT2D eigenvalue weighted by Gasteiger charge is 2.47. The smallest absolute Gasteiger partial charge is 0.286 e. The van der Waals surface area contributed by atoms with Crippen LogP contribution in [0.4, 0.5) is 5.69 Å². The van der Waals surface area contributed by atoms with Crippen LogP contribution in [-0.4, -0.2) is 43.5 Å². The number of amides is 1. The number of hydrazine groups is 1. The molecule has 28 heavy (non-hydrogen) atoms. The molecule has 2 N–H and O–H groups in total. The van der Waals surface area contributed by atoms with E-state index in [4.69, 9.17) is 0 Å². The summed E-state index contributed by atoms with van der Waals surface area (Å²) >= 11 is 0. The minimum atomic E-state index is -3.99. The van der Waals surface area contributed by atoms with Crippen LogP contribution < -0.4 is 10.7 Å². The van der Waals surface area contributed by atoms with Crippen molar-refractivity contribution in [2.24, 2.45) is 22.2 Å². The van der Waals surface area contributed by atoms with E-state index >= 15 is 0 Å². The lowest BCUT2D eigenvalue weighted by atomic mass is 9.87. The van der Waals surface area contributed by atoms with E-state index in [-0.39, 0.29) is 22.4 Å². The van der Waals surface area contributed by atoms with E-state index in [1.54, 1.807) is 18.2 Å². The van der Waals surface area contributed by atoms with Crippen LogP contribution in [0.2, 0.25) is 0 Å². The molecule has 0 aliphatic carbocycles. The van der Waals surface area contributed by atoms with Gasteiger partial charge in [-0.3, -0.25) is 14.6 Å². The fraction of sp³-hybridized carbons (Fsp3) is 0.526. The van der Waals surface area contributed by atoms with Gasteiger partial charge in [0.25, 0.3) is 15.9 Å². The van der Waals surface area contributed by atoms with Gasteiger partial charge in [-0.2, -0.15) is 8.42 Å². The Morgan fingerprint density at radius 1 is 1.14 bits per heavy atom. The standard InChI is InChI=1S/C19H26N4O4S/c1-11(2)9-10-23-19(25)15(17(24)16(21-23)12(3)4)18-20-13-7-5-6-8-14(13)28(26,27)22-18/h5-8,11-12,15-16,21H,9-10H2,1-4H3,(H,20,22). The summed E-state index contributed by atoms with van der Waals surface area (Å²) < 4.78 is 28.9. The molecule has 3 rings (SSSR count). The van der Waals surface area contributed by atoms with Crippen LogP contribution in [0.25, 0.3) is 0 Å². The van der Waals surface area contributed by atoms with E-state index in [9.17, 15) is 18.0 Å². The molecular weight excluding hydrogens is 380 g/mol. The topological polar surface area (TPSA) is 108 Å². The monoisotopic (exact) mass is 406 g/mol. The van der Waals surface area contributed by atoms with Crippen LogP contribution in [0.15, 0.2) is 33.6 Å². The molecule has 152 valence electrons. The van der Waals surface area contributed by atoms with Crippen molar-refractivity contribution in [3.8, 4) is 0 Å². The minimum Gasteiger partial charge on any atom is -0.341 e. The second-order valence-corrected chi connectivity index (χ2v) is 9.50. The van der Waals surface area contributed by atoms with Crippen molar-refractivity contribution in [1.29, 1.82) is 0 Å². The molecule has 2 aliphatic rings. The summed E-state index contributed by atoms with van der Waals surface area (Å²) in [5, 5.41) is 4.34. The van der Waals surface area contributed by atoms with E-state index in [0.717, 1.165) is 6.42 Å². The van der Waals surface area contributed by atoms with Gasteiger partial charge in [-0.05, 0) is 30.4 Å². The van der Waals surface area contributed by atoms with Crippen LogP contribution in [0, 0.1) is 17.8 Å². The van der Waals surface area contributed by atoms with Crippen molar-refractivity contribution in [2.45, 2.75) is 45.1 Å². The molecule has 1 aromatic rings. The summed E-state index contributed by atoms with van der Waals surface area (Å²) in [4.78, 5) is 26.2. The van der Waals surface area contributed by atoms with E-state index in [1.165, 1.54) is 11.1 Å². The molecule has 2 aliphatic heterocycles. The van der Waals surface area contributed by atoms with Gasteiger partial charge < -0.3 is 5.32 Å². The number of carbonyl (C=O) groups is 2. The molecule has 0 bridgehead atoms. The van der Waals surface area contributed by atoms with Gasteiger partial charge in [-0.25, -0.2) is 5.43 Å². The van der Waals surface area contributed by atoms with E-state index in [1.807, 2.05) is 27.7 Å². The maximum Gasteiger partial charge on any atom is 0.286 e. The molecule has 9 heteroatoms. The average molecular weight is 407 g/mol. The van der Waals surface area contributed by atoms with Crippen LogP contribution in [-0.2, 0) is 19.6 Å². The third-order valence-corrected chi connectivity index (χ3v) is 6.26. The molecule has 0 spiro atoms. The molecule has 0 radical (unpaired) electrons. The number of carbonyl (C=O) groups excluding carboxylic acids is 2. The quantitative estimate of drug-likeness (QED) is 0.722. The highest BCUT2D eigenvalue weighted by Crippen LogP contribution is 2.30. The van der Waals surface area contributed by atoms with Gasteiger partial charge in [0.2, 0.25) is 0 Å². The zero-order chi connectivity index (χ0) is 20.6. The first kappa shape index (κ1) is 20.5. The number of nitrogens with zero attached hydrogens (tertiary/aromatic N) is 2. The molecule has 1 amide bonds. The highest BCUT2D eigenvalue weighted by molar-refractivity contribution is 7.90. The zero-order valence-corrected chi connectivity index (χ0v) is 17.3. The van der Waals surface area contributed by atoms with Crippen molar-refractivity contribution >= 4 is 33.2 Å². The summed E-state index contributed by atoms with van der Waals surface area (Å²) in [7, 11) is -3.99. The molecule has 1 fully saturated rings.